The summed E-state index contributed by atoms with van der Waals surface area (Å²) in [5.41, 5.74) is 3.03. The smallest absolute Gasteiger partial charge is 0.243 e. The molecule has 1 aliphatic rings. The fourth-order valence-electron chi connectivity index (χ4n) is 4.32. The van der Waals surface area contributed by atoms with Crippen molar-refractivity contribution in [2.75, 3.05) is 53.0 Å². The second-order valence-electron chi connectivity index (χ2n) is 8.66. The SMILES string of the molecule is COc1ccc(S(=O)(=O)N(CCc2csc3nc(-c4ccccc4)cn23)CCN2CCOCC2)cc1. The van der Waals surface area contributed by atoms with Crippen molar-refractivity contribution in [1.29, 1.82) is 0 Å². The van der Waals surface area contributed by atoms with Crippen LogP contribution in [0.3, 0.4) is 0 Å². The normalized spacial score (nSPS) is 15.1. The summed E-state index contributed by atoms with van der Waals surface area (Å²) in [6, 6.07) is 16.7. The molecule has 1 aliphatic heterocycles. The zero-order valence-electron chi connectivity index (χ0n) is 20.2. The Labute approximate surface area is 215 Å². The van der Waals surface area contributed by atoms with E-state index in [9.17, 15) is 8.42 Å². The minimum atomic E-state index is -3.67. The molecule has 2 aromatic heterocycles. The van der Waals surface area contributed by atoms with Gasteiger partial charge in [0.2, 0.25) is 10.0 Å². The number of hydrogen-bond donors (Lipinski definition) is 0. The number of hydrogen-bond acceptors (Lipinski definition) is 7. The van der Waals surface area contributed by atoms with Crippen molar-refractivity contribution >= 4 is 26.3 Å². The summed E-state index contributed by atoms with van der Waals surface area (Å²) in [7, 11) is -2.10. The molecule has 10 heteroatoms. The molecule has 0 N–H and O–H groups in total. The van der Waals surface area contributed by atoms with Gasteiger partial charge in [0.25, 0.3) is 0 Å². The van der Waals surface area contributed by atoms with Gasteiger partial charge in [-0.2, -0.15) is 4.31 Å². The Morgan fingerprint density at radius 1 is 1.06 bits per heavy atom. The number of imidazole rings is 1. The number of rotatable bonds is 10. The Balaban J connectivity index is 1.36. The summed E-state index contributed by atoms with van der Waals surface area (Å²) >= 11 is 1.57. The van der Waals surface area contributed by atoms with E-state index in [-0.39, 0.29) is 4.90 Å². The van der Waals surface area contributed by atoms with E-state index in [2.05, 4.69) is 14.7 Å². The van der Waals surface area contributed by atoms with Gasteiger partial charge in [0.15, 0.2) is 4.96 Å². The van der Waals surface area contributed by atoms with Gasteiger partial charge < -0.3 is 9.47 Å². The molecule has 0 radical (unpaired) electrons. The number of fused-ring (bicyclic) bond motifs is 1. The number of nitrogens with zero attached hydrogens (tertiary/aromatic N) is 4. The molecule has 36 heavy (non-hydrogen) atoms. The van der Waals surface area contributed by atoms with Crippen LogP contribution < -0.4 is 4.74 Å². The minimum Gasteiger partial charge on any atom is -0.497 e. The van der Waals surface area contributed by atoms with Crippen LogP contribution in [-0.4, -0.2) is 80.1 Å². The third-order valence-corrected chi connectivity index (χ3v) is 9.24. The minimum absolute atomic E-state index is 0.273. The maximum atomic E-state index is 13.6. The second-order valence-corrected chi connectivity index (χ2v) is 11.4. The quantitative estimate of drug-likeness (QED) is 0.314. The topological polar surface area (TPSA) is 76.4 Å². The molecule has 5 rings (SSSR count). The van der Waals surface area contributed by atoms with Crippen molar-refractivity contribution in [3.05, 3.63) is 71.9 Å². The van der Waals surface area contributed by atoms with Crippen LogP contribution in [0.5, 0.6) is 5.75 Å². The number of morpholine rings is 1. The summed E-state index contributed by atoms with van der Waals surface area (Å²) in [6.07, 6.45) is 2.62. The Bertz CT molecular complexity index is 1380. The zero-order valence-corrected chi connectivity index (χ0v) is 21.9. The van der Waals surface area contributed by atoms with Crippen LogP contribution in [0.15, 0.2) is 71.1 Å². The molecule has 2 aromatic carbocycles. The Morgan fingerprint density at radius 3 is 2.53 bits per heavy atom. The summed E-state index contributed by atoms with van der Waals surface area (Å²) in [4.78, 5) is 8.19. The highest BCUT2D eigenvalue weighted by Crippen LogP contribution is 2.25. The predicted octanol–water partition coefficient (Wildman–Crippen LogP) is 3.64. The molecule has 0 amide bonds. The summed E-state index contributed by atoms with van der Waals surface area (Å²) in [5, 5.41) is 2.07. The van der Waals surface area contributed by atoms with E-state index in [0.717, 1.165) is 35.0 Å². The van der Waals surface area contributed by atoms with Gasteiger partial charge in [0.05, 0.1) is 30.9 Å². The number of aromatic nitrogens is 2. The highest BCUT2D eigenvalue weighted by Gasteiger charge is 2.26. The number of methoxy groups -OCH3 is 1. The number of thiazole rings is 1. The van der Waals surface area contributed by atoms with Crippen LogP contribution in [0.2, 0.25) is 0 Å². The molecule has 3 heterocycles. The lowest BCUT2D eigenvalue weighted by atomic mass is 10.2. The Hall–Kier alpha value is -2.76. The van der Waals surface area contributed by atoms with Crippen molar-refractivity contribution in [2.24, 2.45) is 0 Å². The maximum absolute atomic E-state index is 13.6. The van der Waals surface area contributed by atoms with Crippen molar-refractivity contribution in [3.63, 3.8) is 0 Å². The largest absolute Gasteiger partial charge is 0.497 e. The van der Waals surface area contributed by atoms with Gasteiger partial charge in [-0.05, 0) is 24.3 Å². The van der Waals surface area contributed by atoms with E-state index >= 15 is 0 Å². The molecule has 1 saturated heterocycles. The summed E-state index contributed by atoms with van der Waals surface area (Å²) in [6.45, 7) is 4.47. The first kappa shape index (κ1) is 24.9. The third kappa shape index (κ3) is 5.47. The van der Waals surface area contributed by atoms with Gasteiger partial charge in [-0.15, -0.1) is 11.3 Å². The molecule has 8 nitrogen and oxygen atoms in total. The average molecular weight is 527 g/mol. The van der Waals surface area contributed by atoms with Crippen LogP contribution in [0, 0.1) is 0 Å². The zero-order chi connectivity index (χ0) is 25.0. The van der Waals surface area contributed by atoms with Crippen LogP contribution >= 0.6 is 11.3 Å². The molecule has 4 aromatic rings. The number of sulfonamides is 1. The number of ether oxygens (including phenoxy) is 2. The van der Waals surface area contributed by atoms with Gasteiger partial charge in [0, 0.05) is 62.0 Å². The van der Waals surface area contributed by atoms with E-state index in [4.69, 9.17) is 14.5 Å². The van der Waals surface area contributed by atoms with Gasteiger partial charge in [-0.25, -0.2) is 13.4 Å². The lowest BCUT2D eigenvalue weighted by Gasteiger charge is -2.29. The van der Waals surface area contributed by atoms with E-state index in [1.165, 1.54) is 0 Å². The molecule has 0 bridgehead atoms. The molecular formula is C26H30N4O4S2. The molecule has 1 fully saturated rings. The van der Waals surface area contributed by atoms with Crippen LogP contribution in [0.25, 0.3) is 16.2 Å². The van der Waals surface area contributed by atoms with Gasteiger partial charge in [-0.1, -0.05) is 30.3 Å². The van der Waals surface area contributed by atoms with Gasteiger partial charge >= 0.3 is 0 Å². The van der Waals surface area contributed by atoms with Crippen LogP contribution in [0.4, 0.5) is 0 Å². The van der Waals surface area contributed by atoms with Crippen molar-refractivity contribution in [2.45, 2.75) is 11.3 Å². The van der Waals surface area contributed by atoms with Gasteiger partial charge in [0.1, 0.15) is 5.75 Å². The molecule has 0 saturated carbocycles. The molecule has 190 valence electrons. The van der Waals surface area contributed by atoms with Crippen molar-refractivity contribution in [1.82, 2.24) is 18.6 Å². The highest BCUT2D eigenvalue weighted by molar-refractivity contribution is 7.89. The maximum Gasteiger partial charge on any atom is 0.243 e. The van der Waals surface area contributed by atoms with E-state index in [1.807, 2.05) is 36.5 Å². The van der Waals surface area contributed by atoms with Gasteiger partial charge in [-0.3, -0.25) is 9.30 Å². The van der Waals surface area contributed by atoms with E-state index < -0.39 is 10.0 Å². The standard InChI is InChI=1S/C26H30N4O4S2/c1-33-23-7-9-24(10-8-23)36(31,32)29(14-13-28-15-17-34-18-16-28)12-11-22-20-35-26-27-25(19-30(22)26)21-5-3-2-4-6-21/h2-10,19-20H,11-18H2,1H3. The molecule has 0 spiro atoms. The second kappa shape index (κ2) is 11.1. The van der Waals surface area contributed by atoms with Crippen molar-refractivity contribution in [3.8, 4) is 17.0 Å². The first-order valence-electron chi connectivity index (χ1n) is 12.0. The van der Waals surface area contributed by atoms with E-state index in [1.54, 1.807) is 47.0 Å². The Morgan fingerprint density at radius 2 is 1.81 bits per heavy atom. The monoisotopic (exact) mass is 526 g/mol. The first-order valence-corrected chi connectivity index (χ1v) is 14.3. The molecule has 0 aliphatic carbocycles. The molecule has 0 atom stereocenters. The van der Waals surface area contributed by atoms with Crippen LogP contribution in [-0.2, 0) is 21.2 Å². The summed E-state index contributed by atoms with van der Waals surface area (Å²) < 4.78 is 41.6. The molecular weight excluding hydrogens is 496 g/mol. The Kier molecular flexibility index (Phi) is 7.68. The first-order chi connectivity index (χ1) is 17.5. The fourth-order valence-corrected chi connectivity index (χ4v) is 6.66. The third-order valence-electron chi connectivity index (χ3n) is 6.44. The number of benzene rings is 2. The average Bonchev–Trinajstić information content (AvgIpc) is 3.51. The molecule has 0 unspecified atom stereocenters. The lowest BCUT2D eigenvalue weighted by Crippen LogP contribution is -2.43. The van der Waals surface area contributed by atoms with E-state index in [0.29, 0.717) is 45.0 Å². The summed E-state index contributed by atoms with van der Waals surface area (Å²) in [5.74, 6) is 0.629. The van der Waals surface area contributed by atoms with Crippen LogP contribution in [0.1, 0.15) is 5.69 Å². The lowest BCUT2D eigenvalue weighted by molar-refractivity contribution is 0.0363. The van der Waals surface area contributed by atoms with Crippen molar-refractivity contribution < 1.29 is 17.9 Å². The fraction of sp³-hybridized carbons (Fsp3) is 0.346. The predicted molar refractivity (Wildman–Crippen MR) is 141 cm³/mol. The highest BCUT2D eigenvalue weighted by atomic mass is 32.2.